The summed E-state index contributed by atoms with van der Waals surface area (Å²) in [6, 6.07) is 4.33. The molecule has 1 unspecified atom stereocenters. The van der Waals surface area contributed by atoms with Gasteiger partial charge in [-0.3, -0.25) is 4.98 Å². The Morgan fingerprint density at radius 3 is 2.60 bits per heavy atom. The van der Waals surface area contributed by atoms with Crippen LogP contribution in [0.2, 0.25) is 0 Å². The molecule has 0 spiro atoms. The first-order chi connectivity index (χ1) is 14.2. The Labute approximate surface area is 172 Å². The zero-order valence-corrected chi connectivity index (χ0v) is 16.8. The molecule has 0 aliphatic heterocycles. The summed E-state index contributed by atoms with van der Waals surface area (Å²) in [5.41, 5.74) is 6.66. The smallest absolute Gasteiger partial charge is 0.407 e. The standard InChI is InChI=1S/C14H12F3N.C7H12N4O/c1-10-6-7-13(18-9-10)11-4-2-3-5-12(8-11)14(15,16)17;1-4-2-5(4)9-3-6-10-11-7(8)12-6/h3-9H,2H2,1H3;4-5,9H,2-3H2,1H3,(H2,8,11)/t;4?,5-/m.0/s1. The van der Waals surface area contributed by atoms with Crippen molar-refractivity contribution in [3.63, 3.8) is 0 Å². The lowest BCUT2D eigenvalue weighted by atomic mass is 10.1. The molecule has 0 radical (unpaired) electrons. The van der Waals surface area contributed by atoms with E-state index in [0.29, 0.717) is 36.2 Å². The number of rotatable bonds is 4. The summed E-state index contributed by atoms with van der Waals surface area (Å²) in [6.45, 7) is 4.72. The molecule has 30 heavy (non-hydrogen) atoms. The SMILES string of the molecule is CC1C[C@@H]1NCc1nnc(N)o1.Cc1ccc(C2=CCC=CC(C(F)(F)F)=C2)nc1. The molecule has 2 aromatic rings. The molecule has 160 valence electrons. The number of allylic oxidation sites excluding steroid dienone is 6. The molecule has 0 aromatic carbocycles. The molecule has 2 heterocycles. The summed E-state index contributed by atoms with van der Waals surface area (Å²) in [7, 11) is 0. The number of nitrogens with two attached hydrogens (primary N) is 1. The second kappa shape index (κ2) is 9.25. The highest BCUT2D eigenvalue weighted by Gasteiger charge is 2.32. The second-order valence-electron chi connectivity index (χ2n) is 7.35. The highest BCUT2D eigenvalue weighted by atomic mass is 19.4. The number of halogens is 3. The first-order valence-electron chi connectivity index (χ1n) is 9.62. The number of aromatic nitrogens is 3. The number of hydrogen-bond donors (Lipinski definition) is 2. The van der Waals surface area contributed by atoms with Gasteiger partial charge in [-0.1, -0.05) is 36.3 Å². The third-order valence-electron chi connectivity index (χ3n) is 4.72. The number of nitrogens with zero attached hydrogens (tertiary/aromatic N) is 3. The van der Waals surface area contributed by atoms with Crippen LogP contribution in [0.25, 0.3) is 5.57 Å². The predicted octanol–water partition coefficient (Wildman–Crippen LogP) is 4.37. The molecule has 0 saturated heterocycles. The van der Waals surface area contributed by atoms with Gasteiger partial charge in [-0.2, -0.15) is 13.2 Å². The molecule has 6 nitrogen and oxygen atoms in total. The zero-order chi connectivity index (χ0) is 21.7. The van der Waals surface area contributed by atoms with Crippen molar-refractivity contribution < 1.29 is 17.6 Å². The molecule has 0 bridgehead atoms. The molecular formula is C21H24F3N5O. The Kier molecular flexibility index (Phi) is 6.71. The molecule has 2 aromatic heterocycles. The van der Waals surface area contributed by atoms with Crippen molar-refractivity contribution in [1.82, 2.24) is 20.5 Å². The quantitative estimate of drug-likeness (QED) is 0.765. The van der Waals surface area contributed by atoms with E-state index in [9.17, 15) is 13.2 Å². The van der Waals surface area contributed by atoms with E-state index in [2.05, 4.69) is 27.4 Å². The third-order valence-corrected chi connectivity index (χ3v) is 4.72. The number of nitrogens with one attached hydrogen (secondary N) is 1. The average Bonchev–Trinajstić information content (AvgIpc) is 3.34. The van der Waals surface area contributed by atoms with E-state index in [1.165, 1.54) is 12.5 Å². The molecule has 4 rings (SSSR count). The lowest BCUT2D eigenvalue weighted by Crippen LogP contribution is -2.17. The maximum Gasteiger partial charge on any atom is 0.416 e. The van der Waals surface area contributed by atoms with E-state index >= 15 is 0 Å². The lowest BCUT2D eigenvalue weighted by molar-refractivity contribution is -0.0881. The van der Waals surface area contributed by atoms with Crippen LogP contribution < -0.4 is 11.1 Å². The van der Waals surface area contributed by atoms with E-state index in [1.54, 1.807) is 18.3 Å². The van der Waals surface area contributed by atoms with Gasteiger partial charge < -0.3 is 15.5 Å². The van der Waals surface area contributed by atoms with Gasteiger partial charge in [-0.05, 0) is 49.0 Å². The van der Waals surface area contributed by atoms with Crippen LogP contribution in [0, 0.1) is 12.8 Å². The van der Waals surface area contributed by atoms with Crippen molar-refractivity contribution in [3.05, 3.63) is 65.4 Å². The maximum absolute atomic E-state index is 12.7. The van der Waals surface area contributed by atoms with Crippen LogP contribution in [0.4, 0.5) is 19.2 Å². The van der Waals surface area contributed by atoms with Crippen molar-refractivity contribution in [2.24, 2.45) is 5.92 Å². The maximum atomic E-state index is 12.7. The van der Waals surface area contributed by atoms with Gasteiger partial charge in [-0.25, -0.2) is 0 Å². The summed E-state index contributed by atoms with van der Waals surface area (Å²) >= 11 is 0. The first kappa shape index (κ1) is 21.8. The summed E-state index contributed by atoms with van der Waals surface area (Å²) in [4.78, 5) is 4.15. The minimum atomic E-state index is -4.33. The van der Waals surface area contributed by atoms with Crippen molar-refractivity contribution in [1.29, 1.82) is 0 Å². The number of aryl methyl sites for hydroxylation is 1. The fourth-order valence-electron chi connectivity index (χ4n) is 2.82. The van der Waals surface area contributed by atoms with Crippen LogP contribution in [0.1, 0.15) is 36.9 Å². The summed E-state index contributed by atoms with van der Waals surface area (Å²) in [5, 5.41) is 10.6. The number of anilines is 1. The highest BCUT2D eigenvalue weighted by Crippen LogP contribution is 2.31. The van der Waals surface area contributed by atoms with Gasteiger partial charge in [-0.15, -0.1) is 5.10 Å². The average molecular weight is 419 g/mol. The van der Waals surface area contributed by atoms with Crippen LogP contribution in [-0.4, -0.2) is 27.4 Å². The molecule has 0 amide bonds. The molecule has 2 aliphatic carbocycles. The van der Waals surface area contributed by atoms with Crippen LogP contribution in [-0.2, 0) is 6.54 Å². The summed E-state index contributed by atoms with van der Waals surface area (Å²) in [5.74, 6) is 1.34. The Morgan fingerprint density at radius 1 is 1.27 bits per heavy atom. The van der Waals surface area contributed by atoms with Gasteiger partial charge in [0.05, 0.1) is 17.8 Å². The molecule has 2 aliphatic rings. The van der Waals surface area contributed by atoms with E-state index in [-0.39, 0.29) is 6.01 Å². The van der Waals surface area contributed by atoms with Crippen molar-refractivity contribution in [3.8, 4) is 0 Å². The zero-order valence-electron chi connectivity index (χ0n) is 16.8. The minimum absolute atomic E-state index is 0.135. The Balaban J connectivity index is 0.000000184. The topological polar surface area (TPSA) is 89.9 Å². The summed E-state index contributed by atoms with van der Waals surface area (Å²) < 4.78 is 43.1. The number of pyridine rings is 1. The second-order valence-corrected chi connectivity index (χ2v) is 7.35. The summed E-state index contributed by atoms with van der Waals surface area (Å²) in [6.07, 6.45) is 4.52. The van der Waals surface area contributed by atoms with Crippen molar-refractivity contribution >= 4 is 11.6 Å². The lowest BCUT2D eigenvalue weighted by Gasteiger charge is -2.08. The fraction of sp³-hybridized carbons (Fsp3) is 0.381. The van der Waals surface area contributed by atoms with Crippen LogP contribution >= 0.6 is 0 Å². The van der Waals surface area contributed by atoms with E-state index < -0.39 is 11.7 Å². The van der Waals surface area contributed by atoms with Gasteiger partial charge in [0.25, 0.3) is 0 Å². The number of alkyl halides is 3. The van der Waals surface area contributed by atoms with Gasteiger partial charge in [0.1, 0.15) is 0 Å². The van der Waals surface area contributed by atoms with E-state index in [0.717, 1.165) is 23.6 Å². The fourth-order valence-corrected chi connectivity index (χ4v) is 2.82. The van der Waals surface area contributed by atoms with Crippen LogP contribution in [0.5, 0.6) is 0 Å². The molecule has 1 saturated carbocycles. The minimum Gasteiger partial charge on any atom is -0.407 e. The van der Waals surface area contributed by atoms with Gasteiger partial charge in [0.2, 0.25) is 5.89 Å². The van der Waals surface area contributed by atoms with Crippen LogP contribution in [0.3, 0.4) is 0 Å². The van der Waals surface area contributed by atoms with E-state index in [4.69, 9.17) is 10.2 Å². The van der Waals surface area contributed by atoms with Gasteiger partial charge in [0, 0.05) is 12.2 Å². The van der Waals surface area contributed by atoms with Gasteiger partial charge >= 0.3 is 12.2 Å². The van der Waals surface area contributed by atoms with Crippen molar-refractivity contribution in [2.75, 3.05) is 5.73 Å². The normalized spacial score (nSPS) is 20.6. The predicted molar refractivity (Wildman–Crippen MR) is 108 cm³/mol. The molecule has 2 atom stereocenters. The Morgan fingerprint density at radius 2 is 2.03 bits per heavy atom. The number of hydrogen-bond acceptors (Lipinski definition) is 6. The largest absolute Gasteiger partial charge is 0.416 e. The van der Waals surface area contributed by atoms with Gasteiger partial charge in [0.15, 0.2) is 0 Å². The number of nitrogen functional groups attached to an aromatic ring is 1. The third kappa shape index (κ3) is 6.28. The van der Waals surface area contributed by atoms with E-state index in [1.807, 2.05) is 13.0 Å². The van der Waals surface area contributed by atoms with Crippen molar-refractivity contribution in [2.45, 2.75) is 45.5 Å². The Hall–Kier alpha value is -2.94. The van der Waals surface area contributed by atoms with Crippen LogP contribution in [0.15, 0.2) is 52.6 Å². The molecular weight excluding hydrogens is 395 g/mol. The molecule has 1 fully saturated rings. The Bertz CT molecular complexity index is 944. The molecule has 3 N–H and O–H groups in total. The highest BCUT2D eigenvalue weighted by molar-refractivity contribution is 5.74. The monoisotopic (exact) mass is 419 g/mol. The molecule has 9 heteroatoms. The first-order valence-corrected chi connectivity index (χ1v) is 9.62.